The summed E-state index contributed by atoms with van der Waals surface area (Å²) in [5, 5.41) is 3.02. The third kappa shape index (κ3) is 4.89. The maximum Gasteiger partial charge on any atom is 0.260 e. The fourth-order valence-electron chi connectivity index (χ4n) is 3.40. The van der Waals surface area contributed by atoms with Crippen LogP contribution in [0.25, 0.3) is 21.3 Å². The number of hydrogen-bond donors (Lipinski definition) is 2. The van der Waals surface area contributed by atoms with Crippen LogP contribution < -0.4 is 10.9 Å². The number of ketones is 1. The molecule has 1 unspecified atom stereocenters. The molecule has 0 aliphatic rings. The quantitative estimate of drug-likeness (QED) is 0.218. The summed E-state index contributed by atoms with van der Waals surface area (Å²) in [6.45, 7) is 5.07. The maximum absolute atomic E-state index is 13.3. The molecule has 1 atom stereocenters. The van der Waals surface area contributed by atoms with Gasteiger partial charge in [-0.2, -0.15) is 0 Å². The van der Waals surface area contributed by atoms with E-state index in [4.69, 9.17) is 0 Å². The van der Waals surface area contributed by atoms with Gasteiger partial charge in [0, 0.05) is 21.7 Å². The number of benzene rings is 2. The average Bonchev–Trinajstić information content (AvgIpc) is 3.10. The van der Waals surface area contributed by atoms with Crippen molar-refractivity contribution >= 4 is 50.7 Å². The maximum atomic E-state index is 13.3. The van der Waals surface area contributed by atoms with Crippen molar-refractivity contribution in [2.45, 2.75) is 31.2 Å². The first-order valence-corrected chi connectivity index (χ1v) is 11.8. The van der Waals surface area contributed by atoms with Crippen LogP contribution in [0.4, 0.5) is 10.1 Å². The third-order valence-corrected chi connectivity index (χ3v) is 7.03. The summed E-state index contributed by atoms with van der Waals surface area (Å²) in [7, 11) is 0. The van der Waals surface area contributed by atoms with Crippen LogP contribution in [0.15, 0.2) is 58.5 Å². The Morgan fingerprint density at radius 1 is 1.18 bits per heavy atom. The second kappa shape index (κ2) is 9.29. The first kappa shape index (κ1) is 22.9. The molecule has 0 aliphatic carbocycles. The Bertz CT molecular complexity index is 1430. The van der Waals surface area contributed by atoms with Gasteiger partial charge in [-0.15, -0.1) is 11.3 Å². The molecule has 0 aliphatic heterocycles. The van der Waals surface area contributed by atoms with Gasteiger partial charge in [0.1, 0.15) is 10.6 Å². The van der Waals surface area contributed by atoms with Crippen LogP contribution in [0.5, 0.6) is 0 Å². The number of aromatic amines is 1. The number of anilines is 1. The second-order valence-electron chi connectivity index (χ2n) is 7.48. The van der Waals surface area contributed by atoms with Crippen molar-refractivity contribution < 1.29 is 14.0 Å². The normalized spacial score (nSPS) is 12.0. The van der Waals surface area contributed by atoms with E-state index in [1.807, 2.05) is 6.92 Å². The van der Waals surface area contributed by atoms with Gasteiger partial charge in [0.15, 0.2) is 10.9 Å². The lowest BCUT2D eigenvalue weighted by Crippen LogP contribution is -2.23. The number of H-pyrrole nitrogens is 1. The molecule has 2 aromatic carbocycles. The van der Waals surface area contributed by atoms with Gasteiger partial charge in [0.2, 0.25) is 5.91 Å². The average molecular weight is 482 g/mol. The largest absolute Gasteiger partial charge is 0.325 e. The lowest BCUT2D eigenvalue weighted by molar-refractivity contribution is -0.115. The molecule has 6 nitrogen and oxygen atoms in total. The third-order valence-electron chi connectivity index (χ3n) is 5.04. The first-order valence-electron chi connectivity index (χ1n) is 10.1. The number of Topliss-reactive ketones (excluding diaryl/α,β-unsaturated/α-hetero) is 1. The zero-order valence-electron chi connectivity index (χ0n) is 18.1. The number of thioether (sulfide) groups is 1. The monoisotopic (exact) mass is 481 g/mol. The van der Waals surface area contributed by atoms with E-state index in [1.54, 1.807) is 43.3 Å². The Balaban J connectivity index is 1.57. The molecule has 0 saturated heterocycles. The van der Waals surface area contributed by atoms with Crippen molar-refractivity contribution in [2.24, 2.45) is 0 Å². The van der Waals surface area contributed by atoms with E-state index in [0.717, 1.165) is 27.8 Å². The fraction of sp³-hybridized carbons (Fsp3) is 0.167. The molecule has 0 saturated carbocycles. The molecule has 0 bridgehead atoms. The van der Waals surface area contributed by atoms with E-state index in [2.05, 4.69) is 15.3 Å². The zero-order chi connectivity index (χ0) is 23.7. The number of aryl methyl sites for hydroxylation is 1. The van der Waals surface area contributed by atoms with Gasteiger partial charge in [0.05, 0.1) is 10.6 Å². The van der Waals surface area contributed by atoms with Gasteiger partial charge in [-0.1, -0.05) is 36.0 Å². The number of nitrogens with one attached hydrogen (secondary N) is 2. The Hall–Kier alpha value is -3.30. The molecule has 2 aromatic heterocycles. The number of carbonyl (C=O) groups excluding carboxylic acids is 2. The molecule has 2 N–H and O–H groups in total. The van der Waals surface area contributed by atoms with E-state index < -0.39 is 5.25 Å². The van der Waals surface area contributed by atoms with Gasteiger partial charge < -0.3 is 10.3 Å². The Labute approximate surface area is 197 Å². The number of halogens is 1. The summed E-state index contributed by atoms with van der Waals surface area (Å²) in [5.41, 5.74) is 2.20. The lowest BCUT2D eigenvalue weighted by Gasteiger charge is -2.12. The minimum absolute atomic E-state index is 0.0881. The summed E-state index contributed by atoms with van der Waals surface area (Å²) in [6, 6.07) is 12.7. The van der Waals surface area contributed by atoms with Gasteiger partial charge in [-0.05, 0) is 50.6 Å². The van der Waals surface area contributed by atoms with Crippen molar-refractivity contribution in [1.29, 1.82) is 0 Å². The number of carbonyl (C=O) groups is 2. The highest BCUT2D eigenvalue weighted by atomic mass is 32.2. The molecule has 0 fully saturated rings. The number of hydrogen-bond acceptors (Lipinski definition) is 6. The Morgan fingerprint density at radius 2 is 1.91 bits per heavy atom. The Kier molecular flexibility index (Phi) is 6.44. The fourth-order valence-corrected chi connectivity index (χ4v) is 5.30. The SMILES string of the molecule is CC(=O)c1cccc(NC(=O)C(C)Sc2nc3sc(C)c(-c4ccc(F)cc4)c3c(=O)[nH]2)c1. The number of rotatable bonds is 6. The summed E-state index contributed by atoms with van der Waals surface area (Å²) < 4.78 is 13.3. The summed E-state index contributed by atoms with van der Waals surface area (Å²) in [5.74, 6) is -0.713. The van der Waals surface area contributed by atoms with Crippen molar-refractivity contribution in [3.63, 3.8) is 0 Å². The molecule has 168 valence electrons. The summed E-state index contributed by atoms with van der Waals surface area (Å²) >= 11 is 2.51. The predicted octanol–water partition coefficient (Wildman–Crippen LogP) is 5.42. The van der Waals surface area contributed by atoms with E-state index in [1.165, 1.54) is 30.4 Å². The van der Waals surface area contributed by atoms with Gasteiger partial charge in [0.25, 0.3) is 5.56 Å². The van der Waals surface area contributed by atoms with E-state index >= 15 is 0 Å². The van der Waals surface area contributed by atoms with Gasteiger partial charge in [-0.25, -0.2) is 9.37 Å². The Morgan fingerprint density at radius 3 is 2.61 bits per heavy atom. The lowest BCUT2D eigenvalue weighted by atomic mass is 10.0. The molecule has 2 heterocycles. The number of fused-ring (bicyclic) bond motifs is 1. The summed E-state index contributed by atoms with van der Waals surface area (Å²) in [6.07, 6.45) is 0. The topological polar surface area (TPSA) is 91.9 Å². The van der Waals surface area contributed by atoms with Crippen LogP contribution in [-0.2, 0) is 4.79 Å². The zero-order valence-corrected chi connectivity index (χ0v) is 19.7. The predicted molar refractivity (Wildman–Crippen MR) is 131 cm³/mol. The molecule has 0 spiro atoms. The highest BCUT2D eigenvalue weighted by molar-refractivity contribution is 8.00. The molecule has 4 aromatic rings. The number of aromatic nitrogens is 2. The molecule has 4 rings (SSSR count). The van der Waals surface area contributed by atoms with Gasteiger partial charge in [-0.3, -0.25) is 14.4 Å². The van der Waals surface area contributed by atoms with Crippen molar-refractivity contribution in [3.8, 4) is 11.1 Å². The van der Waals surface area contributed by atoms with Crippen LogP contribution in [0.2, 0.25) is 0 Å². The molecule has 9 heteroatoms. The van der Waals surface area contributed by atoms with E-state index in [-0.39, 0.29) is 23.1 Å². The molecular weight excluding hydrogens is 461 g/mol. The van der Waals surface area contributed by atoms with Crippen LogP contribution in [0.1, 0.15) is 29.1 Å². The van der Waals surface area contributed by atoms with Crippen molar-refractivity contribution in [1.82, 2.24) is 9.97 Å². The molecule has 1 amide bonds. The van der Waals surface area contributed by atoms with Crippen LogP contribution in [0, 0.1) is 12.7 Å². The second-order valence-corrected chi connectivity index (χ2v) is 10.0. The van der Waals surface area contributed by atoms with Crippen molar-refractivity contribution in [2.75, 3.05) is 5.32 Å². The molecule has 33 heavy (non-hydrogen) atoms. The van der Waals surface area contributed by atoms with Crippen LogP contribution in [-0.4, -0.2) is 26.9 Å². The molecule has 0 radical (unpaired) electrons. The number of amides is 1. The number of nitrogens with zero attached hydrogens (tertiary/aromatic N) is 1. The summed E-state index contributed by atoms with van der Waals surface area (Å²) in [4.78, 5) is 45.9. The number of thiophene rings is 1. The first-order chi connectivity index (χ1) is 15.7. The van der Waals surface area contributed by atoms with E-state index in [9.17, 15) is 18.8 Å². The minimum atomic E-state index is -0.552. The van der Waals surface area contributed by atoms with Crippen LogP contribution in [0.3, 0.4) is 0 Å². The van der Waals surface area contributed by atoms with Crippen LogP contribution >= 0.6 is 23.1 Å². The van der Waals surface area contributed by atoms with Crippen molar-refractivity contribution in [3.05, 3.63) is 75.1 Å². The minimum Gasteiger partial charge on any atom is -0.325 e. The van der Waals surface area contributed by atoms with Gasteiger partial charge >= 0.3 is 0 Å². The standard InChI is InChI=1S/C24H20FN3O3S2/c1-12(29)16-5-4-6-18(11-16)26-21(30)14(3)33-24-27-22(31)20-19(13(2)32-23(20)28-24)15-7-9-17(25)10-8-15/h4-11,14H,1-3H3,(H,26,30)(H,27,28,31). The van der Waals surface area contributed by atoms with E-state index in [0.29, 0.717) is 26.6 Å². The smallest absolute Gasteiger partial charge is 0.260 e. The molecular formula is C24H20FN3O3S2. The highest BCUT2D eigenvalue weighted by Crippen LogP contribution is 2.36. The highest BCUT2D eigenvalue weighted by Gasteiger charge is 2.20.